The van der Waals surface area contributed by atoms with Gasteiger partial charge in [0.15, 0.2) is 0 Å². The van der Waals surface area contributed by atoms with Crippen molar-refractivity contribution in [2.45, 2.75) is 9.92 Å². The zero-order chi connectivity index (χ0) is 13.1. The SMILES string of the molecule is N=C(N)c1cnc(Sc2ccc(Cl)c(Cl)c2)cn1. The number of amidine groups is 1. The van der Waals surface area contributed by atoms with Crippen molar-refractivity contribution >= 4 is 40.8 Å². The largest absolute Gasteiger partial charge is 0.382 e. The number of nitrogens with zero attached hydrogens (tertiary/aromatic N) is 2. The van der Waals surface area contributed by atoms with Crippen LogP contribution in [0.2, 0.25) is 10.0 Å². The monoisotopic (exact) mass is 298 g/mol. The highest BCUT2D eigenvalue weighted by Crippen LogP contribution is 2.31. The van der Waals surface area contributed by atoms with Gasteiger partial charge in [0.25, 0.3) is 0 Å². The summed E-state index contributed by atoms with van der Waals surface area (Å²) in [6.45, 7) is 0. The first-order valence-electron chi connectivity index (χ1n) is 4.85. The third-order valence-corrected chi connectivity index (χ3v) is 3.67. The van der Waals surface area contributed by atoms with E-state index < -0.39 is 0 Å². The molecular formula is C11H8Cl2N4S. The highest BCUT2D eigenvalue weighted by atomic mass is 35.5. The molecule has 0 aliphatic carbocycles. The van der Waals surface area contributed by atoms with Crippen molar-refractivity contribution in [2.24, 2.45) is 5.73 Å². The maximum atomic E-state index is 7.22. The second kappa shape index (κ2) is 5.56. The number of nitrogens with two attached hydrogens (primary N) is 1. The summed E-state index contributed by atoms with van der Waals surface area (Å²) in [4.78, 5) is 9.08. The fourth-order valence-electron chi connectivity index (χ4n) is 1.17. The number of aromatic nitrogens is 2. The predicted molar refractivity (Wildman–Crippen MR) is 73.6 cm³/mol. The van der Waals surface area contributed by atoms with E-state index in [1.54, 1.807) is 18.3 Å². The van der Waals surface area contributed by atoms with Crippen molar-refractivity contribution in [1.29, 1.82) is 5.41 Å². The smallest absolute Gasteiger partial charge is 0.143 e. The van der Waals surface area contributed by atoms with Crippen LogP contribution in [-0.2, 0) is 0 Å². The van der Waals surface area contributed by atoms with Gasteiger partial charge in [-0.25, -0.2) is 9.97 Å². The molecule has 1 heterocycles. The van der Waals surface area contributed by atoms with Gasteiger partial charge in [-0.05, 0) is 18.2 Å². The Labute approximate surface area is 118 Å². The van der Waals surface area contributed by atoms with E-state index in [1.807, 2.05) is 6.07 Å². The molecule has 7 heteroatoms. The molecule has 0 spiro atoms. The number of nitrogen functional groups attached to an aromatic ring is 1. The normalized spacial score (nSPS) is 10.3. The molecule has 0 aliphatic rings. The van der Waals surface area contributed by atoms with Crippen LogP contribution in [0, 0.1) is 5.41 Å². The standard InChI is InChI=1S/C11H8Cl2N4S/c12-7-2-1-6(3-8(7)13)18-10-5-16-9(4-17-10)11(14)15/h1-5H,(H3,14,15). The molecule has 4 nitrogen and oxygen atoms in total. The Kier molecular flexibility index (Phi) is 4.06. The summed E-state index contributed by atoms with van der Waals surface area (Å²) in [5.41, 5.74) is 5.65. The summed E-state index contributed by atoms with van der Waals surface area (Å²) in [6.07, 6.45) is 3.02. The number of hydrogen-bond acceptors (Lipinski definition) is 4. The lowest BCUT2D eigenvalue weighted by atomic mass is 10.4. The van der Waals surface area contributed by atoms with Crippen LogP contribution in [0.1, 0.15) is 5.69 Å². The molecular weight excluding hydrogens is 291 g/mol. The predicted octanol–water partition coefficient (Wildman–Crippen LogP) is 3.22. The Morgan fingerprint density at radius 2 is 1.94 bits per heavy atom. The van der Waals surface area contributed by atoms with Gasteiger partial charge < -0.3 is 5.73 Å². The van der Waals surface area contributed by atoms with Crippen molar-refractivity contribution in [1.82, 2.24) is 9.97 Å². The van der Waals surface area contributed by atoms with Crippen molar-refractivity contribution in [3.05, 3.63) is 46.3 Å². The molecule has 0 atom stereocenters. The average molecular weight is 299 g/mol. The third-order valence-electron chi connectivity index (χ3n) is 2.02. The Hall–Kier alpha value is -1.30. The summed E-state index contributed by atoms with van der Waals surface area (Å²) in [6, 6.07) is 5.33. The topological polar surface area (TPSA) is 75.7 Å². The lowest BCUT2D eigenvalue weighted by molar-refractivity contribution is 1.04. The van der Waals surface area contributed by atoms with E-state index >= 15 is 0 Å². The Bertz CT molecular complexity index is 586. The average Bonchev–Trinajstić information content (AvgIpc) is 2.34. The van der Waals surface area contributed by atoms with Gasteiger partial charge in [-0.2, -0.15) is 0 Å². The minimum atomic E-state index is -0.103. The maximum Gasteiger partial charge on any atom is 0.143 e. The summed E-state index contributed by atoms with van der Waals surface area (Å²) in [7, 11) is 0. The Morgan fingerprint density at radius 1 is 1.17 bits per heavy atom. The molecule has 0 bridgehead atoms. The van der Waals surface area contributed by atoms with Crippen molar-refractivity contribution in [2.75, 3.05) is 0 Å². The molecule has 0 unspecified atom stereocenters. The van der Waals surface area contributed by atoms with Crippen LogP contribution in [0.4, 0.5) is 0 Å². The van der Waals surface area contributed by atoms with E-state index in [1.165, 1.54) is 18.0 Å². The molecule has 3 N–H and O–H groups in total. The number of rotatable bonds is 3. The molecule has 1 aromatic carbocycles. The first-order valence-corrected chi connectivity index (χ1v) is 6.43. The highest BCUT2D eigenvalue weighted by Gasteiger charge is 2.04. The molecule has 0 radical (unpaired) electrons. The molecule has 0 amide bonds. The lowest BCUT2D eigenvalue weighted by Crippen LogP contribution is -2.13. The van der Waals surface area contributed by atoms with Crippen molar-refractivity contribution < 1.29 is 0 Å². The zero-order valence-electron chi connectivity index (χ0n) is 9.02. The second-order valence-electron chi connectivity index (χ2n) is 3.33. The number of benzene rings is 1. The first kappa shape index (κ1) is 13.1. The fraction of sp³-hybridized carbons (Fsp3) is 0. The van der Waals surface area contributed by atoms with Gasteiger partial charge in [0.1, 0.15) is 16.6 Å². The van der Waals surface area contributed by atoms with Gasteiger partial charge in [0.2, 0.25) is 0 Å². The molecule has 0 fully saturated rings. The minimum Gasteiger partial charge on any atom is -0.382 e. The maximum absolute atomic E-state index is 7.22. The molecule has 1 aromatic heterocycles. The van der Waals surface area contributed by atoms with Crippen LogP contribution < -0.4 is 5.73 Å². The lowest BCUT2D eigenvalue weighted by Gasteiger charge is -2.03. The minimum absolute atomic E-state index is 0.103. The van der Waals surface area contributed by atoms with Gasteiger partial charge in [0.05, 0.1) is 22.4 Å². The summed E-state index contributed by atoms with van der Waals surface area (Å²) >= 11 is 13.2. The van der Waals surface area contributed by atoms with E-state index in [0.29, 0.717) is 20.8 Å². The van der Waals surface area contributed by atoms with Crippen LogP contribution in [-0.4, -0.2) is 15.8 Å². The van der Waals surface area contributed by atoms with Gasteiger partial charge in [0, 0.05) is 4.90 Å². The molecule has 0 saturated heterocycles. The van der Waals surface area contributed by atoms with E-state index in [9.17, 15) is 0 Å². The van der Waals surface area contributed by atoms with Gasteiger partial charge in [-0.15, -0.1) is 0 Å². The summed E-state index contributed by atoms with van der Waals surface area (Å²) in [5.74, 6) is -0.103. The van der Waals surface area contributed by atoms with Crippen LogP contribution >= 0.6 is 35.0 Å². The van der Waals surface area contributed by atoms with Gasteiger partial charge >= 0.3 is 0 Å². The number of nitrogens with one attached hydrogen (secondary N) is 1. The molecule has 2 aromatic rings. The Morgan fingerprint density at radius 3 is 2.50 bits per heavy atom. The van der Waals surface area contributed by atoms with Crippen LogP contribution in [0.3, 0.4) is 0 Å². The molecule has 0 saturated carbocycles. The highest BCUT2D eigenvalue weighted by molar-refractivity contribution is 7.99. The first-order chi connectivity index (χ1) is 8.56. The van der Waals surface area contributed by atoms with Gasteiger partial charge in [-0.1, -0.05) is 35.0 Å². The molecule has 18 heavy (non-hydrogen) atoms. The van der Waals surface area contributed by atoms with Gasteiger partial charge in [-0.3, -0.25) is 5.41 Å². The van der Waals surface area contributed by atoms with E-state index in [0.717, 1.165) is 4.90 Å². The zero-order valence-corrected chi connectivity index (χ0v) is 11.4. The van der Waals surface area contributed by atoms with Crippen molar-refractivity contribution in [3.8, 4) is 0 Å². The Balaban J connectivity index is 2.18. The summed E-state index contributed by atoms with van der Waals surface area (Å²) in [5, 5.41) is 8.92. The van der Waals surface area contributed by atoms with Crippen molar-refractivity contribution in [3.63, 3.8) is 0 Å². The van der Waals surface area contributed by atoms with E-state index in [2.05, 4.69) is 9.97 Å². The fourth-order valence-corrected chi connectivity index (χ4v) is 2.30. The van der Waals surface area contributed by atoms with Crippen LogP contribution in [0.5, 0.6) is 0 Å². The third kappa shape index (κ3) is 3.13. The van der Waals surface area contributed by atoms with E-state index in [-0.39, 0.29) is 5.84 Å². The molecule has 2 rings (SSSR count). The second-order valence-corrected chi connectivity index (χ2v) is 5.24. The summed E-state index contributed by atoms with van der Waals surface area (Å²) < 4.78 is 0. The molecule has 0 aliphatic heterocycles. The molecule has 92 valence electrons. The quantitative estimate of drug-likeness (QED) is 0.674. The van der Waals surface area contributed by atoms with Crippen LogP contribution in [0.25, 0.3) is 0 Å². The van der Waals surface area contributed by atoms with E-state index in [4.69, 9.17) is 34.3 Å². The number of hydrogen-bond donors (Lipinski definition) is 2. The van der Waals surface area contributed by atoms with Crippen LogP contribution in [0.15, 0.2) is 40.5 Å². The number of halogens is 2.